The van der Waals surface area contributed by atoms with Crippen LogP contribution in [-0.2, 0) is 10.1 Å². The second-order valence-corrected chi connectivity index (χ2v) is 8.53. The van der Waals surface area contributed by atoms with Gasteiger partial charge in [-0.05, 0) is 74.7 Å². The number of hydrogen-bond donors (Lipinski definition) is 1. The van der Waals surface area contributed by atoms with E-state index >= 15 is 0 Å². The van der Waals surface area contributed by atoms with Crippen LogP contribution in [0.3, 0.4) is 0 Å². The minimum atomic E-state index is -4.30. The largest absolute Gasteiger partial charge is 0.423 e. The first-order valence-corrected chi connectivity index (χ1v) is 9.86. The summed E-state index contributed by atoms with van der Waals surface area (Å²) in [6.45, 7) is 1.57. The van der Waals surface area contributed by atoms with E-state index in [0.29, 0.717) is 24.5 Å². The van der Waals surface area contributed by atoms with Gasteiger partial charge in [-0.2, -0.15) is 8.42 Å². The molecule has 0 amide bonds. The van der Waals surface area contributed by atoms with Crippen molar-refractivity contribution in [1.82, 2.24) is 0 Å². The van der Waals surface area contributed by atoms with Gasteiger partial charge in [-0.3, -0.25) is 4.55 Å². The Labute approximate surface area is 158 Å². The van der Waals surface area contributed by atoms with Gasteiger partial charge in [0.15, 0.2) is 0 Å². The molecular weight excluding hydrogens is 520 g/mol. The van der Waals surface area contributed by atoms with E-state index in [1.54, 1.807) is 19.1 Å². The average molecular weight is 529 g/mol. The second-order valence-electron chi connectivity index (χ2n) is 4.54. The van der Waals surface area contributed by atoms with Crippen LogP contribution < -0.4 is 4.74 Å². The van der Waals surface area contributed by atoms with E-state index in [2.05, 4.69) is 47.8 Å². The Morgan fingerprint density at radius 1 is 1.13 bits per heavy atom. The van der Waals surface area contributed by atoms with Crippen molar-refractivity contribution in [2.24, 2.45) is 0 Å². The summed E-state index contributed by atoms with van der Waals surface area (Å²) in [5.74, 6) is -0.410. The molecule has 0 spiro atoms. The Hall–Kier alpha value is -0.740. The molecule has 2 rings (SSSR count). The maximum Gasteiger partial charge on any atom is 0.344 e. The van der Waals surface area contributed by atoms with Gasteiger partial charge in [0.2, 0.25) is 0 Å². The first-order chi connectivity index (χ1) is 10.6. The number of halogens is 3. The standard InChI is InChI=1S/C14H9Br3O5S/c1-7-4-9(23(19,20)21)2-3-12(7)22-14(18)10-5-8(15)6-11(16)13(10)17/h2-6H,1H3,(H,19,20,21). The third-order valence-electron chi connectivity index (χ3n) is 2.86. The topological polar surface area (TPSA) is 80.7 Å². The number of rotatable bonds is 3. The molecule has 0 aliphatic carbocycles. The van der Waals surface area contributed by atoms with Crippen molar-refractivity contribution < 1.29 is 22.5 Å². The lowest BCUT2D eigenvalue weighted by molar-refractivity contribution is 0.0732. The summed E-state index contributed by atoms with van der Waals surface area (Å²) in [7, 11) is -4.30. The van der Waals surface area contributed by atoms with E-state index in [1.165, 1.54) is 12.1 Å². The van der Waals surface area contributed by atoms with Gasteiger partial charge in [-0.25, -0.2) is 4.79 Å². The van der Waals surface area contributed by atoms with Crippen LogP contribution in [0.15, 0.2) is 48.6 Å². The fourth-order valence-corrected chi connectivity index (χ4v) is 3.94. The van der Waals surface area contributed by atoms with Crippen molar-refractivity contribution in [3.05, 3.63) is 54.9 Å². The number of hydrogen-bond acceptors (Lipinski definition) is 4. The van der Waals surface area contributed by atoms with Gasteiger partial charge in [0.1, 0.15) is 5.75 Å². The van der Waals surface area contributed by atoms with Crippen LogP contribution in [0.5, 0.6) is 5.75 Å². The molecule has 0 bridgehead atoms. The fourth-order valence-electron chi connectivity index (χ4n) is 1.76. The van der Waals surface area contributed by atoms with Crippen LogP contribution in [0.25, 0.3) is 0 Å². The molecule has 0 atom stereocenters. The molecule has 9 heteroatoms. The molecule has 0 saturated heterocycles. The summed E-state index contributed by atoms with van der Waals surface area (Å²) in [5, 5.41) is 0. The summed E-state index contributed by atoms with van der Waals surface area (Å²) in [6.07, 6.45) is 0. The molecule has 122 valence electrons. The predicted octanol–water partition coefficient (Wildman–Crippen LogP) is 4.75. The van der Waals surface area contributed by atoms with Gasteiger partial charge in [-0.1, -0.05) is 15.9 Å². The molecule has 23 heavy (non-hydrogen) atoms. The predicted molar refractivity (Wildman–Crippen MR) is 95.5 cm³/mol. The molecule has 1 N–H and O–H groups in total. The minimum Gasteiger partial charge on any atom is -0.423 e. The number of aryl methyl sites for hydroxylation is 1. The van der Waals surface area contributed by atoms with E-state index in [0.717, 1.165) is 6.07 Å². The number of carbonyl (C=O) groups excluding carboxylic acids is 1. The number of benzene rings is 2. The molecule has 2 aromatic carbocycles. The van der Waals surface area contributed by atoms with Crippen LogP contribution in [0.2, 0.25) is 0 Å². The van der Waals surface area contributed by atoms with E-state index in [1.807, 2.05) is 0 Å². The van der Waals surface area contributed by atoms with Crippen molar-refractivity contribution in [2.45, 2.75) is 11.8 Å². The van der Waals surface area contributed by atoms with Gasteiger partial charge in [0.05, 0.1) is 10.5 Å². The van der Waals surface area contributed by atoms with E-state index in [4.69, 9.17) is 9.29 Å². The second kappa shape index (κ2) is 7.02. The molecule has 0 aromatic heterocycles. The Morgan fingerprint density at radius 3 is 2.35 bits per heavy atom. The number of ether oxygens (including phenoxy) is 1. The lowest BCUT2D eigenvalue weighted by Crippen LogP contribution is -2.11. The molecule has 0 saturated carbocycles. The lowest BCUT2D eigenvalue weighted by Gasteiger charge is -2.10. The molecule has 0 heterocycles. The zero-order valence-electron chi connectivity index (χ0n) is 11.5. The van der Waals surface area contributed by atoms with Crippen LogP contribution in [0.4, 0.5) is 0 Å². The number of esters is 1. The first-order valence-electron chi connectivity index (χ1n) is 6.04. The fraction of sp³-hybridized carbons (Fsp3) is 0.0714. The normalized spacial score (nSPS) is 11.3. The summed E-state index contributed by atoms with van der Waals surface area (Å²) in [6, 6.07) is 7.07. The summed E-state index contributed by atoms with van der Waals surface area (Å²) in [4.78, 5) is 12.0. The van der Waals surface area contributed by atoms with Crippen LogP contribution in [-0.4, -0.2) is 18.9 Å². The first kappa shape index (κ1) is 18.6. The zero-order chi connectivity index (χ0) is 17.4. The highest BCUT2D eigenvalue weighted by Crippen LogP contribution is 2.32. The van der Waals surface area contributed by atoms with Gasteiger partial charge in [0, 0.05) is 13.4 Å². The van der Waals surface area contributed by atoms with E-state index < -0.39 is 16.1 Å². The molecule has 5 nitrogen and oxygen atoms in total. The minimum absolute atomic E-state index is 0.199. The highest BCUT2D eigenvalue weighted by molar-refractivity contribution is 9.13. The Bertz CT molecular complexity index is 894. The van der Waals surface area contributed by atoms with E-state index in [9.17, 15) is 13.2 Å². The highest BCUT2D eigenvalue weighted by atomic mass is 79.9. The Balaban J connectivity index is 2.35. The average Bonchev–Trinajstić information content (AvgIpc) is 2.43. The molecular formula is C14H9Br3O5S. The summed E-state index contributed by atoms with van der Waals surface area (Å²) < 4.78 is 38.4. The van der Waals surface area contributed by atoms with Crippen LogP contribution in [0.1, 0.15) is 15.9 Å². The third kappa shape index (κ3) is 4.42. The van der Waals surface area contributed by atoms with Crippen molar-refractivity contribution in [3.8, 4) is 5.75 Å². The highest BCUT2D eigenvalue weighted by Gasteiger charge is 2.18. The SMILES string of the molecule is Cc1cc(S(=O)(=O)O)ccc1OC(=O)c1cc(Br)cc(Br)c1Br. The quantitative estimate of drug-likeness (QED) is 0.269. The molecule has 2 aromatic rings. The van der Waals surface area contributed by atoms with E-state index in [-0.39, 0.29) is 10.6 Å². The molecule has 0 radical (unpaired) electrons. The zero-order valence-corrected chi connectivity index (χ0v) is 17.1. The van der Waals surface area contributed by atoms with Gasteiger partial charge in [-0.15, -0.1) is 0 Å². The van der Waals surface area contributed by atoms with Crippen molar-refractivity contribution in [2.75, 3.05) is 0 Å². The number of carbonyl (C=O) groups is 1. The molecule has 0 aliphatic heterocycles. The molecule has 0 unspecified atom stereocenters. The smallest absolute Gasteiger partial charge is 0.344 e. The van der Waals surface area contributed by atoms with Crippen molar-refractivity contribution in [1.29, 1.82) is 0 Å². The van der Waals surface area contributed by atoms with Crippen molar-refractivity contribution >= 4 is 63.9 Å². The Morgan fingerprint density at radius 2 is 1.78 bits per heavy atom. The van der Waals surface area contributed by atoms with Crippen LogP contribution >= 0.6 is 47.8 Å². The molecule has 0 fully saturated rings. The van der Waals surface area contributed by atoms with Gasteiger partial charge < -0.3 is 4.74 Å². The summed E-state index contributed by atoms with van der Waals surface area (Å²) >= 11 is 9.91. The van der Waals surface area contributed by atoms with Crippen molar-refractivity contribution in [3.63, 3.8) is 0 Å². The maximum atomic E-state index is 12.3. The Kier molecular flexibility index (Phi) is 5.68. The monoisotopic (exact) mass is 526 g/mol. The molecule has 0 aliphatic rings. The van der Waals surface area contributed by atoms with Gasteiger partial charge >= 0.3 is 5.97 Å². The summed E-state index contributed by atoms with van der Waals surface area (Å²) in [5.41, 5.74) is 0.697. The van der Waals surface area contributed by atoms with Crippen LogP contribution in [0, 0.1) is 6.92 Å². The lowest BCUT2D eigenvalue weighted by atomic mass is 10.2. The van der Waals surface area contributed by atoms with Gasteiger partial charge in [0.25, 0.3) is 10.1 Å². The maximum absolute atomic E-state index is 12.3. The third-order valence-corrected chi connectivity index (χ3v) is 6.18.